The van der Waals surface area contributed by atoms with E-state index in [1.807, 2.05) is 5.32 Å². The summed E-state index contributed by atoms with van der Waals surface area (Å²) < 4.78 is 80.4. The summed E-state index contributed by atoms with van der Waals surface area (Å²) >= 11 is 11.5. The van der Waals surface area contributed by atoms with Crippen molar-refractivity contribution in [3.63, 3.8) is 0 Å². The molecule has 3 amide bonds. The Morgan fingerprint density at radius 3 is 2.10 bits per heavy atom. The van der Waals surface area contributed by atoms with Crippen molar-refractivity contribution >= 4 is 40.8 Å². The van der Waals surface area contributed by atoms with Gasteiger partial charge in [-0.05, 0) is 24.3 Å². The molecule has 0 saturated heterocycles. The minimum Gasteiger partial charge on any atom is -0.428 e. The molecule has 0 aliphatic rings. The van der Waals surface area contributed by atoms with Gasteiger partial charge in [0.15, 0.2) is 0 Å². The fourth-order valence-corrected chi connectivity index (χ4v) is 2.45. The van der Waals surface area contributed by atoms with Crippen LogP contribution in [0.25, 0.3) is 0 Å². The SMILES string of the molecule is O=C(NC(=O)c1ccccc1Cl)Nc1ccc(OC(F)(F)C(O)(F)C(F)(F)F)cc1Cl. The van der Waals surface area contributed by atoms with E-state index < -0.39 is 40.9 Å². The van der Waals surface area contributed by atoms with Gasteiger partial charge in [0.2, 0.25) is 0 Å². The van der Waals surface area contributed by atoms with Gasteiger partial charge in [-0.15, -0.1) is 0 Å². The van der Waals surface area contributed by atoms with Gasteiger partial charge in [0.1, 0.15) is 5.75 Å². The number of amides is 3. The molecule has 0 radical (unpaired) electrons. The Hall–Kier alpha value is -2.70. The summed E-state index contributed by atoms with van der Waals surface area (Å²) in [6.07, 6.45) is -12.1. The van der Waals surface area contributed by atoms with Crippen molar-refractivity contribution < 1.29 is 45.8 Å². The number of carbonyl (C=O) groups excluding carboxylic acids is 2. The van der Waals surface area contributed by atoms with Crippen molar-refractivity contribution in [2.45, 2.75) is 18.1 Å². The molecule has 2 rings (SSSR count). The molecular formula is C17H10Cl2F6N2O4. The van der Waals surface area contributed by atoms with Crippen LogP contribution in [0.4, 0.5) is 36.8 Å². The number of anilines is 1. The highest BCUT2D eigenvalue weighted by Crippen LogP contribution is 2.44. The van der Waals surface area contributed by atoms with Gasteiger partial charge in [-0.3, -0.25) is 10.1 Å². The van der Waals surface area contributed by atoms with Gasteiger partial charge in [-0.2, -0.15) is 26.3 Å². The number of aliphatic hydroxyl groups is 1. The number of halogens is 8. The van der Waals surface area contributed by atoms with Gasteiger partial charge < -0.3 is 15.2 Å². The van der Waals surface area contributed by atoms with Crippen LogP contribution in [0.15, 0.2) is 42.5 Å². The van der Waals surface area contributed by atoms with Crippen LogP contribution >= 0.6 is 23.2 Å². The fraction of sp³-hybridized carbons (Fsp3) is 0.176. The van der Waals surface area contributed by atoms with Crippen molar-refractivity contribution in [2.24, 2.45) is 0 Å². The Kier molecular flexibility index (Phi) is 6.98. The zero-order valence-corrected chi connectivity index (χ0v) is 16.2. The molecule has 0 heterocycles. The van der Waals surface area contributed by atoms with E-state index in [1.165, 1.54) is 18.2 Å². The van der Waals surface area contributed by atoms with Crippen LogP contribution in [-0.4, -0.2) is 35.2 Å². The van der Waals surface area contributed by atoms with E-state index in [0.29, 0.717) is 12.1 Å². The van der Waals surface area contributed by atoms with E-state index in [-0.39, 0.29) is 16.3 Å². The molecule has 0 spiro atoms. The van der Waals surface area contributed by atoms with Gasteiger partial charge in [-0.25, -0.2) is 4.79 Å². The molecule has 168 valence electrons. The molecule has 1 atom stereocenters. The van der Waals surface area contributed by atoms with Crippen LogP contribution in [0.3, 0.4) is 0 Å². The maximum atomic E-state index is 13.4. The lowest BCUT2D eigenvalue weighted by Crippen LogP contribution is -2.58. The van der Waals surface area contributed by atoms with Crippen LogP contribution in [-0.2, 0) is 0 Å². The molecule has 3 N–H and O–H groups in total. The monoisotopic (exact) mass is 490 g/mol. The number of hydrogen-bond acceptors (Lipinski definition) is 4. The second-order valence-corrected chi connectivity index (χ2v) is 6.58. The van der Waals surface area contributed by atoms with Crippen molar-refractivity contribution in [2.75, 3.05) is 5.32 Å². The molecule has 14 heteroatoms. The molecule has 0 aromatic heterocycles. The van der Waals surface area contributed by atoms with E-state index in [1.54, 1.807) is 6.07 Å². The normalized spacial score (nSPS) is 13.8. The summed E-state index contributed by atoms with van der Waals surface area (Å²) in [5, 5.41) is 12.0. The van der Waals surface area contributed by atoms with Crippen molar-refractivity contribution in [1.29, 1.82) is 0 Å². The smallest absolute Gasteiger partial charge is 0.428 e. The number of imide groups is 1. The van der Waals surface area contributed by atoms with Crippen LogP contribution in [0.2, 0.25) is 10.0 Å². The molecule has 0 saturated carbocycles. The number of nitrogens with one attached hydrogen (secondary N) is 2. The number of carbonyl (C=O) groups is 2. The molecular weight excluding hydrogens is 481 g/mol. The summed E-state index contributed by atoms with van der Waals surface area (Å²) in [5.41, 5.74) is -0.298. The van der Waals surface area contributed by atoms with E-state index >= 15 is 0 Å². The van der Waals surface area contributed by atoms with Crippen LogP contribution in [0.5, 0.6) is 5.75 Å². The molecule has 0 fully saturated rings. The first-order chi connectivity index (χ1) is 14.2. The van der Waals surface area contributed by atoms with Gasteiger partial charge in [0.25, 0.3) is 5.91 Å². The van der Waals surface area contributed by atoms with Gasteiger partial charge in [0.05, 0.1) is 21.3 Å². The van der Waals surface area contributed by atoms with E-state index in [9.17, 15) is 35.9 Å². The summed E-state index contributed by atoms with van der Waals surface area (Å²) in [6, 6.07) is 6.60. The number of urea groups is 1. The van der Waals surface area contributed by atoms with Crippen LogP contribution in [0.1, 0.15) is 10.4 Å². The first kappa shape index (κ1) is 24.6. The number of alkyl halides is 6. The Labute approximate surface area is 179 Å². The van der Waals surface area contributed by atoms with Crippen molar-refractivity contribution in [3.8, 4) is 5.75 Å². The summed E-state index contributed by atoms with van der Waals surface area (Å²) in [5.74, 6) is -7.93. The minimum atomic E-state index is -6.35. The number of benzene rings is 2. The average Bonchev–Trinajstić information content (AvgIpc) is 2.63. The molecule has 31 heavy (non-hydrogen) atoms. The zero-order chi connectivity index (χ0) is 23.6. The number of ether oxygens (including phenoxy) is 1. The second-order valence-electron chi connectivity index (χ2n) is 5.77. The highest BCUT2D eigenvalue weighted by molar-refractivity contribution is 6.35. The fourth-order valence-electron chi connectivity index (χ4n) is 2.01. The second kappa shape index (κ2) is 8.81. The molecule has 2 aromatic carbocycles. The largest absolute Gasteiger partial charge is 0.469 e. The van der Waals surface area contributed by atoms with E-state index in [0.717, 1.165) is 6.07 Å². The zero-order valence-electron chi connectivity index (χ0n) is 14.7. The summed E-state index contributed by atoms with van der Waals surface area (Å²) in [4.78, 5) is 23.9. The third-order valence-corrected chi connectivity index (χ3v) is 4.18. The molecule has 6 nitrogen and oxygen atoms in total. The predicted octanol–water partition coefficient (Wildman–Crippen LogP) is 5.15. The Bertz CT molecular complexity index is 1000. The Morgan fingerprint density at radius 1 is 0.935 bits per heavy atom. The summed E-state index contributed by atoms with van der Waals surface area (Å²) in [7, 11) is 0. The predicted molar refractivity (Wildman–Crippen MR) is 97.1 cm³/mol. The highest BCUT2D eigenvalue weighted by Gasteiger charge is 2.73. The Morgan fingerprint density at radius 2 is 1.55 bits per heavy atom. The number of rotatable bonds is 5. The van der Waals surface area contributed by atoms with Gasteiger partial charge in [-0.1, -0.05) is 35.3 Å². The van der Waals surface area contributed by atoms with Crippen LogP contribution < -0.4 is 15.4 Å². The first-order valence-electron chi connectivity index (χ1n) is 7.87. The van der Waals surface area contributed by atoms with E-state index in [2.05, 4.69) is 10.1 Å². The molecule has 1 unspecified atom stereocenters. The molecule has 0 bridgehead atoms. The third kappa shape index (κ3) is 5.51. The standard InChI is InChI=1S/C17H10Cl2F6N2O4/c18-10-4-2-1-3-9(10)13(28)27-14(29)26-12-6-5-8(7-11(12)19)31-17(24,25)15(20,30)16(21,22)23/h1-7,30H,(H2,26,27,28,29). The van der Waals surface area contributed by atoms with Gasteiger partial charge >= 0.3 is 24.2 Å². The van der Waals surface area contributed by atoms with Gasteiger partial charge in [0, 0.05) is 6.07 Å². The molecule has 0 aliphatic carbocycles. The first-order valence-corrected chi connectivity index (χ1v) is 8.62. The maximum Gasteiger partial charge on any atom is 0.469 e. The maximum absolute atomic E-state index is 13.4. The molecule has 0 aliphatic heterocycles. The average molecular weight is 491 g/mol. The van der Waals surface area contributed by atoms with E-state index in [4.69, 9.17) is 28.3 Å². The third-order valence-electron chi connectivity index (χ3n) is 3.54. The lowest BCUT2D eigenvalue weighted by Gasteiger charge is -2.29. The van der Waals surface area contributed by atoms with Crippen LogP contribution in [0, 0.1) is 0 Å². The summed E-state index contributed by atoms with van der Waals surface area (Å²) in [6.45, 7) is 0. The number of hydrogen-bond donors (Lipinski definition) is 3. The van der Waals surface area contributed by atoms with Crippen molar-refractivity contribution in [3.05, 3.63) is 58.1 Å². The minimum absolute atomic E-state index is 0.0280. The molecule has 2 aromatic rings. The van der Waals surface area contributed by atoms with Crippen molar-refractivity contribution in [1.82, 2.24) is 5.32 Å². The lowest BCUT2D eigenvalue weighted by molar-refractivity contribution is -0.429. The highest BCUT2D eigenvalue weighted by atomic mass is 35.5. The lowest BCUT2D eigenvalue weighted by atomic mass is 10.2. The Balaban J connectivity index is 2.10. The quantitative estimate of drug-likeness (QED) is 0.506. The topological polar surface area (TPSA) is 87.7 Å².